The predicted molar refractivity (Wildman–Crippen MR) is 130 cm³/mol. The van der Waals surface area contributed by atoms with E-state index in [1.54, 1.807) is 32.5 Å². The van der Waals surface area contributed by atoms with Crippen LogP contribution < -0.4 is 24.8 Å². The number of methoxy groups -OCH3 is 2. The number of benzene rings is 2. The topological polar surface area (TPSA) is 112 Å². The zero-order valence-corrected chi connectivity index (χ0v) is 19.5. The first-order chi connectivity index (χ1) is 17.1. The molecule has 2 N–H and O–H groups in total. The van der Waals surface area contributed by atoms with Crippen LogP contribution >= 0.6 is 0 Å². The molecule has 10 nitrogen and oxygen atoms in total. The number of carbonyl (C=O) groups excluding carboxylic acids is 1. The summed E-state index contributed by atoms with van der Waals surface area (Å²) in [6.45, 7) is 0.841. The van der Waals surface area contributed by atoms with Crippen molar-refractivity contribution in [3.8, 4) is 23.1 Å². The summed E-state index contributed by atoms with van der Waals surface area (Å²) < 4.78 is 18.2. The largest absolute Gasteiger partial charge is 0.493 e. The van der Waals surface area contributed by atoms with Gasteiger partial charge >= 0.3 is 0 Å². The fourth-order valence-corrected chi connectivity index (χ4v) is 3.69. The van der Waals surface area contributed by atoms with Gasteiger partial charge in [0.05, 0.1) is 37.5 Å². The summed E-state index contributed by atoms with van der Waals surface area (Å²) in [7, 11) is 3.13. The van der Waals surface area contributed by atoms with Gasteiger partial charge in [-0.1, -0.05) is 12.1 Å². The number of carbonyl (C=O) groups is 1. The van der Waals surface area contributed by atoms with Crippen LogP contribution in [-0.4, -0.2) is 45.9 Å². The van der Waals surface area contributed by atoms with Crippen molar-refractivity contribution in [3.63, 3.8) is 0 Å². The van der Waals surface area contributed by atoms with Crippen molar-refractivity contribution in [2.45, 2.75) is 32.0 Å². The van der Waals surface area contributed by atoms with Crippen molar-refractivity contribution in [3.05, 3.63) is 60.7 Å². The minimum Gasteiger partial charge on any atom is -0.493 e. The third-order valence-electron chi connectivity index (χ3n) is 5.62. The van der Waals surface area contributed by atoms with Crippen molar-refractivity contribution < 1.29 is 19.0 Å². The minimum absolute atomic E-state index is 0.0451. The quantitative estimate of drug-likeness (QED) is 0.359. The zero-order valence-electron chi connectivity index (χ0n) is 19.5. The number of rotatable bonds is 10. The zero-order chi connectivity index (χ0) is 24.2. The Bertz CT molecular complexity index is 1350. The number of anilines is 1. The van der Waals surface area contributed by atoms with E-state index >= 15 is 0 Å². The second-order valence-corrected chi connectivity index (χ2v) is 8.28. The van der Waals surface area contributed by atoms with E-state index in [4.69, 9.17) is 14.2 Å². The van der Waals surface area contributed by atoms with Crippen LogP contribution in [0.3, 0.4) is 0 Å². The van der Waals surface area contributed by atoms with Crippen LogP contribution in [0.1, 0.15) is 18.4 Å². The lowest BCUT2D eigenvalue weighted by Gasteiger charge is -2.10. The SMILES string of the molecule is COc1cc2ncnc(Oc3cnn(CC(=O)Nc4cccc(CNC5CC5)c4)c3)c2cc1OC. The lowest BCUT2D eigenvalue weighted by Crippen LogP contribution is -2.19. The third-order valence-corrected chi connectivity index (χ3v) is 5.62. The Morgan fingerprint density at radius 3 is 2.74 bits per heavy atom. The summed E-state index contributed by atoms with van der Waals surface area (Å²) in [6.07, 6.45) is 7.07. The first-order valence-electron chi connectivity index (χ1n) is 11.3. The molecule has 1 amide bonds. The second kappa shape index (κ2) is 9.98. The van der Waals surface area contributed by atoms with Crippen molar-refractivity contribution in [1.82, 2.24) is 25.1 Å². The van der Waals surface area contributed by atoms with Gasteiger partial charge in [-0.2, -0.15) is 5.10 Å². The van der Waals surface area contributed by atoms with Crippen molar-refractivity contribution in [1.29, 1.82) is 0 Å². The van der Waals surface area contributed by atoms with Gasteiger partial charge in [0.15, 0.2) is 17.2 Å². The maximum atomic E-state index is 12.6. The number of ether oxygens (including phenoxy) is 3. The molecule has 180 valence electrons. The molecule has 1 fully saturated rings. The highest BCUT2D eigenvalue weighted by molar-refractivity contribution is 5.90. The van der Waals surface area contributed by atoms with E-state index in [1.807, 2.05) is 24.3 Å². The highest BCUT2D eigenvalue weighted by Gasteiger charge is 2.20. The van der Waals surface area contributed by atoms with Gasteiger partial charge in [0.25, 0.3) is 0 Å². The van der Waals surface area contributed by atoms with Crippen molar-refractivity contribution in [2.75, 3.05) is 19.5 Å². The average Bonchev–Trinajstić information content (AvgIpc) is 3.60. The number of nitrogens with zero attached hydrogens (tertiary/aromatic N) is 4. The molecule has 4 aromatic rings. The lowest BCUT2D eigenvalue weighted by atomic mass is 10.2. The maximum absolute atomic E-state index is 12.6. The summed E-state index contributed by atoms with van der Waals surface area (Å²) in [5.41, 5.74) is 2.54. The molecule has 0 spiro atoms. The van der Waals surface area contributed by atoms with Gasteiger partial charge in [0.1, 0.15) is 12.9 Å². The van der Waals surface area contributed by atoms with Gasteiger partial charge in [-0.05, 0) is 36.6 Å². The first-order valence-corrected chi connectivity index (χ1v) is 11.3. The fourth-order valence-electron chi connectivity index (χ4n) is 3.69. The number of hydrogen-bond donors (Lipinski definition) is 2. The Morgan fingerprint density at radius 2 is 1.94 bits per heavy atom. The molecule has 0 radical (unpaired) electrons. The maximum Gasteiger partial charge on any atom is 0.246 e. The summed E-state index contributed by atoms with van der Waals surface area (Å²) in [6, 6.07) is 12.0. The number of aromatic nitrogens is 4. The van der Waals surface area contributed by atoms with Gasteiger partial charge in [0.2, 0.25) is 11.8 Å². The lowest BCUT2D eigenvalue weighted by molar-refractivity contribution is -0.116. The minimum atomic E-state index is -0.184. The van der Waals surface area contributed by atoms with Crippen LogP contribution in [-0.2, 0) is 17.9 Å². The van der Waals surface area contributed by atoms with E-state index in [0.717, 1.165) is 17.8 Å². The molecule has 2 heterocycles. The molecule has 35 heavy (non-hydrogen) atoms. The molecule has 0 unspecified atom stereocenters. The van der Waals surface area contributed by atoms with Gasteiger partial charge in [-0.3, -0.25) is 9.48 Å². The molecular formula is C25H26N6O4. The highest BCUT2D eigenvalue weighted by Crippen LogP contribution is 2.35. The second-order valence-electron chi connectivity index (χ2n) is 8.28. The average molecular weight is 475 g/mol. The van der Waals surface area contributed by atoms with E-state index in [0.29, 0.717) is 40.1 Å². The number of nitrogens with one attached hydrogen (secondary N) is 2. The number of hydrogen-bond acceptors (Lipinski definition) is 8. The first kappa shape index (κ1) is 22.6. The molecule has 2 aromatic heterocycles. The van der Waals surface area contributed by atoms with Crippen LogP contribution in [0.4, 0.5) is 5.69 Å². The fraction of sp³-hybridized carbons (Fsp3) is 0.280. The Labute approximate surface area is 202 Å². The van der Waals surface area contributed by atoms with Crippen LogP contribution in [0.2, 0.25) is 0 Å². The molecule has 10 heteroatoms. The normalized spacial score (nSPS) is 13.0. The van der Waals surface area contributed by atoms with Crippen LogP contribution in [0.5, 0.6) is 23.1 Å². The molecular weight excluding hydrogens is 448 g/mol. The Morgan fingerprint density at radius 1 is 1.11 bits per heavy atom. The summed E-state index contributed by atoms with van der Waals surface area (Å²) in [4.78, 5) is 21.1. The van der Waals surface area contributed by atoms with E-state index in [9.17, 15) is 4.79 Å². The third kappa shape index (κ3) is 5.49. The van der Waals surface area contributed by atoms with E-state index in [2.05, 4.69) is 25.7 Å². The van der Waals surface area contributed by atoms with E-state index in [1.165, 1.54) is 30.0 Å². The summed E-state index contributed by atoms with van der Waals surface area (Å²) in [5.74, 6) is 1.71. The van der Waals surface area contributed by atoms with Gasteiger partial charge < -0.3 is 24.8 Å². The molecule has 1 saturated carbocycles. The molecule has 0 atom stereocenters. The van der Waals surface area contributed by atoms with Crippen LogP contribution in [0.25, 0.3) is 10.9 Å². The Kier molecular flexibility index (Phi) is 6.44. The monoisotopic (exact) mass is 474 g/mol. The van der Waals surface area contributed by atoms with Crippen LogP contribution in [0.15, 0.2) is 55.1 Å². The Balaban J connectivity index is 1.24. The smallest absolute Gasteiger partial charge is 0.246 e. The number of amides is 1. The van der Waals surface area contributed by atoms with Gasteiger partial charge in [-0.15, -0.1) is 0 Å². The van der Waals surface area contributed by atoms with E-state index < -0.39 is 0 Å². The molecule has 0 aliphatic heterocycles. The van der Waals surface area contributed by atoms with Gasteiger partial charge in [0, 0.05) is 24.3 Å². The summed E-state index contributed by atoms with van der Waals surface area (Å²) in [5, 5.41) is 11.3. The predicted octanol–water partition coefficient (Wildman–Crippen LogP) is 3.53. The van der Waals surface area contributed by atoms with Crippen molar-refractivity contribution in [2.24, 2.45) is 0 Å². The molecule has 0 bridgehead atoms. The van der Waals surface area contributed by atoms with Gasteiger partial charge in [-0.25, -0.2) is 9.97 Å². The summed E-state index contributed by atoms with van der Waals surface area (Å²) >= 11 is 0. The Hall–Kier alpha value is -4.18. The molecule has 2 aromatic carbocycles. The van der Waals surface area contributed by atoms with E-state index in [-0.39, 0.29) is 12.5 Å². The highest BCUT2D eigenvalue weighted by atomic mass is 16.5. The van der Waals surface area contributed by atoms with Crippen LogP contribution in [0, 0.1) is 0 Å². The molecule has 1 aliphatic rings. The number of fused-ring (bicyclic) bond motifs is 1. The van der Waals surface area contributed by atoms with Crippen molar-refractivity contribution >= 4 is 22.5 Å². The molecule has 1 aliphatic carbocycles. The molecule has 0 saturated heterocycles. The molecule has 5 rings (SSSR count). The standard InChI is InChI=1S/C25H26N6O4/c1-33-22-9-20-21(10-23(22)34-2)27-15-28-25(20)35-19-12-29-31(13-19)14-24(32)30-18-5-3-4-16(8-18)11-26-17-6-7-17/h3-5,8-10,12-13,15,17,26H,6-7,11,14H2,1-2H3,(H,30,32).